The first kappa shape index (κ1) is 18.4. The molecule has 1 aliphatic heterocycles. The van der Waals surface area contributed by atoms with Gasteiger partial charge in [0.05, 0.1) is 33.3 Å². The highest BCUT2D eigenvalue weighted by molar-refractivity contribution is 5.52. The summed E-state index contributed by atoms with van der Waals surface area (Å²) in [5, 5.41) is 20.2. The van der Waals surface area contributed by atoms with Crippen LogP contribution in [0.4, 0.5) is 0 Å². The van der Waals surface area contributed by atoms with Crippen molar-refractivity contribution >= 4 is 0 Å². The second-order valence-electron chi connectivity index (χ2n) is 6.83. The summed E-state index contributed by atoms with van der Waals surface area (Å²) in [5.74, 6) is 1.07. The van der Waals surface area contributed by atoms with Crippen molar-refractivity contribution in [1.29, 1.82) is 0 Å². The number of rotatable bonds is 3. The molecule has 0 unspecified atom stereocenters. The van der Waals surface area contributed by atoms with Crippen LogP contribution in [0.15, 0.2) is 36.4 Å². The Balaban J connectivity index is 0.00000208. The summed E-state index contributed by atoms with van der Waals surface area (Å²) in [6, 6.07) is 11.4. The third kappa shape index (κ3) is 3.30. The molecule has 130 valence electrons. The lowest BCUT2D eigenvalue weighted by Gasteiger charge is -2.43. The Labute approximate surface area is 149 Å². The third-order valence-corrected chi connectivity index (χ3v) is 4.99. The fourth-order valence-electron chi connectivity index (χ4n) is 3.50. The highest BCUT2D eigenvalue weighted by Crippen LogP contribution is 2.44. The summed E-state index contributed by atoms with van der Waals surface area (Å²) in [4.78, 5) is 0. The number of phenolic OH excluding ortho intramolecular Hbond substituents is 2. The maximum absolute atomic E-state index is 10.7. The topological polar surface area (TPSA) is 49.7 Å². The first-order valence-electron chi connectivity index (χ1n) is 7.91. The van der Waals surface area contributed by atoms with Gasteiger partial charge in [0.1, 0.15) is 11.8 Å². The van der Waals surface area contributed by atoms with E-state index in [0.29, 0.717) is 5.75 Å². The largest absolute Gasteiger partial charge is 1.00 e. The minimum absolute atomic E-state index is 0. The van der Waals surface area contributed by atoms with Gasteiger partial charge in [-0.05, 0) is 29.3 Å². The summed E-state index contributed by atoms with van der Waals surface area (Å²) in [5.41, 5.74) is 3.34. The molecule has 0 fully saturated rings. The Morgan fingerprint density at radius 2 is 1.75 bits per heavy atom. The van der Waals surface area contributed by atoms with Crippen molar-refractivity contribution < 1.29 is 31.8 Å². The highest BCUT2D eigenvalue weighted by Gasteiger charge is 2.38. The van der Waals surface area contributed by atoms with Gasteiger partial charge in [-0.15, -0.1) is 0 Å². The van der Waals surface area contributed by atoms with E-state index in [-0.39, 0.29) is 29.9 Å². The SMILES string of the molecule is COc1ccc2c(c1O)[C@H](Cc1ccc(O)cc1)[N+](C)(C)CC2.[Cl-]. The number of methoxy groups -OCH3 is 1. The molecular formula is C19H24ClNO3. The van der Waals surface area contributed by atoms with Crippen molar-refractivity contribution in [2.24, 2.45) is 0 Å². The number of hydrogen-bond donors (Lipinski definition) is 2. The molecule has 0 bridgehead atoms. The van der Waals surface area contributed by atoms with Crippen molar-refractivity contribution in [3.05, 3.63) is 53.1 Å². The summed E-state index contributed by atoms with van der Waals surface area (Å²) < 4.78 is 6.12. The van der Waals surface area contributed by atoms with Gasteiger partial charge in [0.2, 0.25) is 0 Å². The van der Waals surface area contributed by atoms with Crippen LogP contribution in [0, 0.1) is 0 Å². The number of quaternary nitrogens is 1. The standard InChI is InChI=1S/C19H23NO3.ClH/c1-20(2)11-10-14-6-9-17(23-3)19(22)18(14)16(20)12-13-4-7-15(21)8-5-13;/h4-9,16H,10-12H2,1-3H3,(H-,21,22);1H/t16-;/m0./s1. The van der Waals surface area contributed by atoms with E-state index in [9.17, 15) is 10.2 Å². The van der Waals surface area contributed by atoms with Crippen LogP contribution < -0.4 is 17.1 Å². The van der Waals surface area contributed by atoms with Gasteiger partial charge in [-0.3, -0.25) is 0 Å². The van der Waals surface area contributed by atoms with E-state index < -0.39 is 0 Å². The molecule has 2 aromatic rings. The second kappa shape index (κ2) is 6.91. The number of nitrogens with zero attached hydrogens (tertiary/aromatic N) is 1. The molecule has 1 heterocycles. The van der Waals surface area contributed by atoms with Gasteiger partial charge in [-0.1, -0.05) is 18.2 Å². The molecule has 0 aromatic heterocycles. The zero-order chi connectivity index (χ0) is 16.6. The van der Waals surface area contributed by atoms with Gasteiger partial charge in [0.15, 0.2) is 11.5 Å². The van der Waals surface area contributed by atoms with E-state index in [2.05, 4.69) is 20.2 Å². The van der Waals surface area contributed by atoms with Crippen LogP contribution in [-0.2, 0) is 12.8 Å². The van der Waals surface area contributed by atoms with E-state index in [1.807, 2.05) is 18.2 Å². The number of phenols is 2. The van der Waals surface area contributed by atoms with Crippen LogP contribution >= 0.6 is 0 Å². The third-order valence-electron chi connectivity index (χ3n) is 4.99. The Morgan fingerprint density at radius 1 is 1.08 bits per heavy atom. The van der Waals surface area contributed by atoms with E-state index >= 15 is 0 Å². The zero-order valence-electron chi connectivity index (χ0n) is 14.3. The summed E-state index contributed by atoms with van der Waals surface area (Å²) in [7, 11) is 5.99. The maximum atomic E-state index is 10.7. The van der Waals surface area contributed by atoms with Crippen LogP contribution in [0.3, 0.4) is 0 Å². The smallest absolute Gasteiger partial charge is 0.167 e. The second-order valence-corrected chi connectivity index (χ2v) is 6.83. The van der Waals surface area contributed by atoms with Crippen LogP contribution in [0.5, 0.6) is 17.2 Å². The summed E-state index contributed by atoms with van der Waals surface area (Å²) >= 11 is 0. The Hall–Kier alpha value is -1.91. The van der Waals surface area contributed by atoms with Gasteiger partial charge < -0.3 is 31.8 Å². The predicted octanol–water partition coefficient (Wildman–Crippen LogP) is 0.0267. The summed E-state index contributed by atoms with van der Waals surface area (Å²) in [6.07, 6.45) is 1.76. The number of halogens is 1. The molecule has 1 atom stereocenters. The van der Waals surface area contributed by atoms with Gasteiger partial charge in [0, 0.05) is 12.8 Å². The van der Waals surface area contributed by atoms with E-state index in [1.165, 1.54) is 5.56 Å². The monoisotopic (exact) mass is 349 g/mol. The molecule has 0 saturated heterocycles. The predicted molar refractivity (Wildman–Crippen MR) is 89.9 cm³/mol. The number of hydrogen-bond acceptors (Lipinski definition) is 3. The zero-order valence-corrected chi connectivity index (χ0v) is 15.0. The van der Waals surface area contributed by atoms with Crippen LogP contribution in [0.25, 0.3) is 0 Å². The lowest BCUT2D eigenvalue weighted by Crippen LogP contribution is -3.00. The average Bonchev–Trinajstić information content (AvgIpc) is 2.52. The number of ether oxygens (including phenoxy) is 1. The molecule has 1 aliphatic rings. The number of likely N-dealkylation sites (N-methyl/N-ethyl adjacent to an activating group) is 1. The molecule has 0 spiro atoms. The molecule has 0 amide bonds. The van der Waals surface area contributed by atoms with Gasteiger partial charge in [0.25, 0.3) is 0 Å². The Morgan fingerprint density at radius 3 is 2.38 bits per heavy atom. The van der Waals surface area contributed by atoms with Gasteiger partial charge >= 0.3 is 0 Å². The minimum Gasteiger partial charge on any atom is -1.00 e. The van der Waals surface area contributed by atoms with Crippen molar-refractivity contribution in [3.8, 4) is 17.2 Å². The first-order chi connectivity index (χ1) is 10.9. The molecule has 0 aliphatic carbocycles. The molecule has 3 rings (SSSR count). The van der Waals surface area contributed by atoms with Crippen LogP contribution in [0.2, 0.25) is 0 Å². The number of aromatic hydroxyl groups is 2. The van der Waals surface area contributed by atoms with Crippen molar-refractivity contribution in [2.45, 2.75) is 18.9 Å². The molecule has 2 N–H and O–H groups in total. The van der Waals surface area contributed by atoms with Crippen LogP contribution in [-0.4, -0.2) is 42.4 Å². The highest BCUT2D eigenvalue weighted by atomic mass is 35.5. The fraction of sp³-hybridized carbons (Fsp3) is 0.368. The van der Waals surface area contributed by atoms with Gasteiger partial charge in [-0.25, -0.2) is 0 Å². The van der Waals surface area contributed by atoms with E-state index in [0.717, 1.165) is 35.0 Å². The van der Waals surface area contributed by atoms with E-state index in [1.54, 1.807) is 19.2 Å². The molecule has 24 heavy (non-hydrogen) atoms. The summed E-state index contributed by atoms with van der Waals surface area (Å²) in [6.45, 7) is 1.03. The first-order valence-corrected chi connectivity index (χ1v) is 7.91. The maximum Gasteiger partial charge on any atom is 0.167 e. The quantitative estimate of drug-likeness (QED) is 0.769. The molecule has 4 nitrogen and oxygen atoms in total. The molecule has 5 heteroatoms. The number of fused-ring (bicyclic) bond motifs is 1. The normalized spacial score (nSPS) is 18.4. The van der Waals surface area contributed by atoms with Crippen LogP contribution in [0.1, 0.15) is 22.7 Å². The molecular weight excluding hydrogens is 326 g/mol. The fourth-order valence-corrected chi connectivity index (χ4v) is 3.50. The van der Waals surface area contributed by atoms with Crippen molar-refractivity contribution in [3.63, 3.8) is 0 Å². The van der Waals surface area contributed by atoms with Gasteiger partial charge in [-0.2, -0.15) is 0 Å². The Bertz CT molecular complexity index is 713. The van der Waals surface area contributed by atoms with Crippen molar-refractivity contribution in [2.75, 3.05) is 27.7 Å². The lowest BCUT2D eigenvalue weighted by atomic mass is 9.86. The lowest BCUT2D eigenvalue weighted by molar-refractivity contribution is -0.923. The van der Waals surface area contributed by atoms with E-state index in [4.69, 9.17) is 4.74 Å². The van der Waals surface area contributed by atoms with Crippen molar-refractivity contribution in [1.82, 2.24) is 0 Å². The molecule has 0 radical (unpaired) electrons. The Kier molecular flexibility index (Phi) is 5.31. The minimum atomic E-state index is 0. The molecule has 2 aromatic carbocycles. The average molecular weight is 350 g/mol. The molecule has 0 saturated carbocycles. The number of benzene rings is 2.